The lowest BCUT2D eigenvalue weighted by Crippen LogP contribution is -2.32. The highest BCUT2D eigenvalue weighted by molar-refractivity contribution is 5.94. The molecule has 2 N–H and O–H groups in total. The van der Waals surface area contributed by atoms with E-state index in [1.54, 1.807) is 6.07 Å². The van der Waals surface area contributed by atoms with E-state index in [-0.39, 0.29) is 22.4 Å². The van der Waals surface area contributed by atoms with Gasteiger partial charge in [-0.3, -0.25) is 9.59 Å². The number of amides is 1. The number of hydrogen-bond acceptors (Lipinski definition) is 3. The lowest BCUT2D eigenvalue weighted by atomic mass is 9.76. The van der Waals surface area contributed by atoms with E-state index in [0.29, 0.717) is 6.54 Å². The van der Waals surface area contributed by atoms with Gasteiger partial charge in [-0.2, -0.15) is 0 Å². The number of carbonyl (C=O) groups is 1. The molecule has 0 radical (unpaired) electrons. The van der Waals surface area contributed by atoms with E-state index >= 15 is 0 Å². The molecule has 27 heavy (non-hydrogen) atoms. The van der Waals surface area contributed by atoms with Crippen LogP contribution in [0.1, 0.15) is 53.0 Å². The van der Waals surface area contributed by atoms with E-state index in [2.05, 4.69) is 30.2 Å². The topological polar surface area (TPSA) is 65.2 Å². The molecule has 1 aliphatic rings. The average Bonchev–Trinajstić information content (AvgIpc) is 2.59. The molecule has 5 nitrogen and oxygen atoms in total. The van der Waals surface area contributed by atoms with Crippen LogP contribution in [0.4, 0.5) is 5.69 Å². The van der Waals surface area contributed by atoms with Crippen molar-refractivity contribution in [1.82, 2.24) is 10.3 Å². The second kappa shape index (κ2) is 7.22. The van der Waals surface area contributed by atoms with Crippen molar-refractivity contribution in [3.8, 4) is 0 Å². The fraction of sp³-hybridized carbons (Fsp3) is 0.455. The van der Waals surface area contributed by atoms with E-state index in [4.69, 9.17) is 0 Å². The molecule has 5 heteroatoms. The molecule has 0 bridgehead atoms. The molecule has 0 saturated carbocycles. The van der Waals surface area contributed by atoms with Crippen molar-refractivity contribution in [2.75, 3.05) is 19.0 Å². The van der Waals surface area contributed by atoms with Crippen LogP contribution in [0.15, 0.2) is 29.1 Å². The van der Waals surface area contributed by atoms with Crippen LogP contribution >= 0.6 is 0 Å². The Hall–Kier alpha value is -2.56. The molecule has 144 valence electrons. The number of aromatic amines is 1. The number of rotatable bonds is 4. The minimum atomic E-state index is -0.321. The van der Waals surface area contributed by atoms with Gasteiger partial charge in [0.15, 0.2) is 0 Å². The standard InChI is InChI=1S/C22H29N3O2/c1-14-10-17(25(4)5)7-6-15(14)13-23-20(26)18-11-16-12-22(2,3)9-8-19(16)24-21(18)27/h6-7,10-11H,8-9,12-13H2,1-5H3,(H,23,26)(H,24,27). The lowest BCUT2D eigenvalue weighted by molar-refractivity contribution is 0.0949. The van der Waals surface area contributed by atoms with Gasteiger partial charge in [-0.15, -0.1) is 0 Å². The number of aromatic nitrogens is 1. The van der Waals surface area contributed by atoms with Gasteiger partial charge in [0, 0.05) is 32.0 Å². The number of benzene rings is 1. The van der Waals surface area contributed by atoms with Gasteiger partial charge in [0.25, 0.3) is 11.5 Å². The van der Waals surface area contributed by atoms with Crippen molar-refractivity contribution in [2.45, 2.75) is 46.6 Å². The Labute approximate surface area is 160 Å². The first kappa shape index (κ1) is 19.2. The SMILES string of the molecule is Cc1cc(N(C)C)ccc1CNC(=O)c1cc2c([nH]c1=O)CCC(C)(C)C2. The predicted octanol–water partition coefficient (Wildman–Crippen LogP) is 3.19. The number of anilines is 1. The quantitative estimate of drug-likeness (QED) is 0.872. The summed E-state index contributed by atoms with van der Waals surface area (Å²) in [6.07, 6.45) is 2.78. The number of H-pyrrole nitrogens is 1. The summed E-state index contributed by atoms with van der Waals surface area (Å²) in [4.78, 5) is 30.0. The molecule has 0 unspecified atom stereocenters. The molecule has 0 spiro atoms. The minimum absolute atomic E-state index is 0.199. The summed E-state index contributed by atoms with van der Waals surface area (Å²) in [6, 6.07) is 7.93. The number of aryl methyl sites for hydroxylation is 2. The number of hydrogen-bond donors (Lipinski definition) is 2. The molecule has 3 rings (SSSR count). The van der Waals surface area contributed by atoms with Crippen LogP contribution in [0.25, 0.3) is 0 Å². The Morgan fingerprint density at radius 2 is 2.00 bits per heavy atom. The first-order valence-corrected chi connectivity index (χ1v) is 9.46. The van der Waals surface area contributed by atoms with Crippen molar-refractivity contribution in [2.24, 2.45) is 5.41 Å². The summed E-state index contributed by atoms with van der Waals surface area (Å²) in [6.45, 7) is 6.88. The van der Waals surface area contributed by atoms with Crippen molar-refractivity contribution in [1.29, 1.82) is 0 Å². The number of carbonyl (C=O) groups excluding carboxylic acids is 1. The maximum Gasteiger partial charge on any atom is 0.261 e. The second-order valence-electron chi connectivity index (χ2n) is 8.54. The highest BCUT2D eigenvalue weighted by Crippen LogP contribution is 2.33. The molecule has 1 aromatic heterocycles. The summed E-state index contributed by atoms with van der Waals surface area (Å²) in [5, 5.41) is 2.90. The largest absolute Gasteiger partial charge is 0.378 e. The summed E-state index contributed by atoms with van der Waals surface area (Å²) in [5.41, 5.74) is 5.45. The fourth-order valence-corrected chi connectivity index (χ4v) is 3.66. The lowest BCUT2D eigenvalue weighted by Gasteiger charge is -2.31. The molecule has 2 aromatic rings. The summed E-state index contributed by atoms with van der Waals surface area (Å²) >= 11 is 0. The summed E-state index contributed by atoms with van der Waals surface area (Å²) in [5.74, 6) is -0.321. The average molecular weight is 367 g/mol. The Kier molecular flexibility index (Phi) is 5.13. The zero-order valence-electron chi connectivity index (χ0n) is 16.9. The van der Waals surface area contributed by atoms with Crippen LogP contribution < -0.4 is 15.8 Å². The maximum absolute atomic E-state index is 12.6. The molecule has 0 fully saturated rings. The van der Waals surface area contributed by atoms with Crippen molar-refractivity contribution < 1.29 is 4.79 Å². The summed E-state index contributed by atoms with van der Waals surface area (Å²) < 4.78 is 0. The highest BCUT2D eigenvalue weighted by atomic mass is 16.2. The van der Waals surface area contributed by atoms with Crippen LogP contribution in [0.2, 0.25) is 0 Å². The number of nitrogens with zero attached hydrogens (tertiary/aromatic N) is 1. The number of fused-ring (bicyclic) bond motifs is 1. The normalized spacial score (nSPS) is 15.1. The van der Waals surface area contributed by atoms with Gasteiger partial charge in [0.1, 0.15) is 5.56 Å². The maximum atomic E-state index is 12.6. The zero-order chi connectivity index (χ0) is 19.8. The first-order valence-electron chi connectivity index (χ1n) is 9.46. The predicted molar refractivity (Wildman–Crippen MR) is 110 cm³/mol. The molecule has 1 amide bonds. The molecule has 0 saturated heterocycles. The smallest absolute Gasteiger partial charge is 0.261 e. The van der Waals surface area contributed by atoms with Crippen molar-refractivity contribution in [3.63, 3.8) is 0 Å². The van der Waals surface area contributed by atoms with E-state index in [0.717, 1.165) is 47.3 Å². The Balaban J connectivity index is 1.76. The summed E-state index contributed by atoms with van der Waals surface area (Å²) in [7, 11) is 4.00. The third-order valence-corrected chi connectivity index (χ3v) is 5.46. The van der Waals surface area contributed by atoms with E-state index in [1.165, 1.54) is 0 Å². The Morgan fingerprint density at radius 1 is 1.26 bits per heavy atom. The number of nitrogens with one attached hydrogen (secondary N) is 2. The first-order chi connectivity index (χ1) is 12.7. The van der Waals surface area contributed by atoms with Crippen molar-refractivity contribution >= 4 is 11.6 Å². The van der Waals surface area contributed by atoms with Crippen LogP contribution in [0, 0.1) is 12.3 Å². The van der Waals surface area contributed by atoms with Gasteiger partial charge in [0.2, 0.25) is 0 Å². The molecule has 1 heterocycles. The minimum Gasteiger partial charge on any atom is -0.378 e. The molecular formula is C22H29N3O2. The second-order valence-corrected chi connectivity index (χ2v) is 8.54. The molecule has 0 aliphatic heterocycles. The van der Waals surface area contributed by atoms with Crippen LogP contribution in [-0.2, 0) is 19.4 Å². The van der Waals surface area contributed by atoms with Crippen LogP contribution in [0.5, 0.6) is 0 Å². The molecule has 1 aromatic carbocycles. The third-order valence-electron chi connectivity index (χ3n) is 5.46. The molecular weight excluding hydrogens is 338 g/mol. The molecule has 1 aliphatic carbocycles. The monoisotopic (exact) mass is 367 g/mol. The zero-order valence-corrected chi connectivity index (χ0v) is 16.9. The van der Waals surface area contributed by atoms with Crippen LogP contribution in [0.3, 0.4) is 0 Å². The van der Waals surface area contributed by atoms with Gasteiger partial charge >= 0.3 is 0 Å². The Morgan fingerprint density at radius 3 is 2.67 bits per heavy atom. The van der Waals surface area contributed by atoms with Gasteiger partial charge in [-0.25, -0.2) is 0 Å². The Bertz CT molecular complexity index is 926. The van der Waals surface area contributed by atoms with E-state index in [9.17, 15) is 9.59 Å². The highest BCUT2D eigenvalue weighted by Gasteiger charge is 2.27. The van der Waals surface area contributed by atoms with Gasteiger partial charge in [-0.1, -0.05) is 19.9 Å². The van der Waals surface area contributed by atoms with Gasteiger partial charge in [0.05, 0.1) is 0 Å². The van der Waals surface area contributed by atoms with E-state index in [1.807, 2.05) is 38.1 Å². The number of pyridine rings is 1. The fourth-order valence-electron chi connectivity index (χ4n) is 3.66. The van der Waals surface area contributed by atoms with Gasteiger partial charge in [-0.05, 0) is 66.5 Å². The third kappa shape index (κ3) is 4.24. The van der Waals surface area contributed by atoms with Crippen molar-refractivity contribution in [3.05, 3.63) is 62.6 Å². The molecule has 0 atom stereocenters. The van der Waals surface area contributed by atoms with Crippen LogP contribution in [-0.4, -0.2) is 25.0 Å². The van der Waals surface area contributed by atoms with E-state index < -0.39 is 0 Å². The van der Waals surface area contributed by atoms with Gasteiger partial charge < -0.3 is 15.2 Å².